The fourth-order valence-corrected chi connectivity index (χ4v) is 1.48. The molecular formula is C12H23N5O2. The number of hydrogen-bond acceptors (Lipinski definition) is 7. The van der Waals surface area contributed by atoms with E-state index in [0.717, 1.165) is 32.4 Å². The van der Waals surface area contributed by atoms with Gasteiger partial charge in [-0.05, 0) is 33.1 Å². The topological polar surface area (TPSA) is 92.2 Å². The molecule has 0 aliphatic rings. The molecule has 0 saturated carbocycles. The molecule has 1 rings (SSSR count). The van der Waals surface area contributed by atoms with E-state index < -0.39 is 0 Å². The fourth-order valence-electron chi connectivity index (χ4n) is 1.48. The summed E-state index contributed by atoms with van der Waals surface area (Å²) in [5.74, 6) is 1.03. The summed E-state index contributed by atoms with van der Waals surface area (Å²) < 4.78 is 5.30. The molecule has 0 unspecified atom stereocenters. The van der Waals surface area contributed by atoms with E-state index in [0.29, 0.717) is 24.5 Å². The first-order chi connectivity index (χ1) is 9.30. The van der Waals surface area contributed by atoms with Crippen LogP contribution >= 0.6 is 0 Å². The molecule has 7 heteroatoms. The summed E-state index contributed by atoms with van der Waals surface area (Å²) in [6.45, 7) is 6.13. The maximum absolute atomic E-state index is 8.70. The second-order valence-electron chi connectivity index (χ2n) is 3.94. The third-order valence-corrected chi connectivity index (χ3v) is 2.34. The van der Waals surface area contributed by atoms with E-state index in [2.05, 4.69) is 25.6 Å². The van der Waals surface area contributed by atoms with Crippen LogP contribution in [-0.4, -0.2) is 46.4 Å². The van der Waals surface area contributed by atoms with Gasteiger partial charge in [0, 0.05) is 19.7 Å². The van der Waals surface area contributed by atoms with Gasteiger partial charge in [-0.25, -0.2) is 0 Å². The van der Waals surface area contributed by atoms with Gasteiger partial charge < -0.3 is 20.5 Å². The molecule has 0 aliphatic carbocycles. The predicted molar refractivity (Wildman–Crippen MR) is 74.6 cm³/mol. The van der Waals surface area contributed by atoms with Gasteiger partial charge >= 0.3 is 6.01 Å². The Hall–Kier alpha value is -1.63. The van der Waals surface area contributed by atoms with Crippen molar-refractivity contribution in [3.8, 4) is 6.01 Å². The van der Waals surface area contributed by atoms with Crippen molar-refractivity contribution >= 4 is 11.9 Å². The molecule has 0 atom stereocenters. The van der Waals surface area contributed by atoms with Crippen molar-refractivity contribution < 1.29 is 9.84 Å². The lowest BCUT2D eigenvalue weighted by atomic mass is 10.2. The summed E-state index contributed by atoms with van der Waals surface area (Å²) in [5.41, 5.74) is 0. The SMILES string of the molecule is CCNc1nc(NCCCCCO)nc(OCC)n1. The minimum atomic E-state index is 0.241. The Morgan fingerprint density at radius 3 is 2.37 bits per heavy atom. The molecule has 19 heavy (non-hydrogen) atoms. The highest BCUT2D eigenvalue weighted by molar-refractivity contribution is 5.35. The van der Waals surface area contributed by atoms with Crippen LogP contribution in [0.25, 0.3) is 0 Å². The predicted octanol–water partition coefficient (Wildman–Crippen LogP) is 1.28. The molecule has 3 N–H and O–H groups in total. The van der Waals surface area contributed by atoms with Gasteiger partial charge in [-0.1, -0.05) is 0 Å². The molecule has 108 valence electrons. The fraction of sp³-hybridized carbons (Fsp3) is 0.750. The summed E-state index contributed by atoms with van der Waals surface area (Å²) in [6.07, 6.45) is 2.77. The molecule has 0 aromatic carbocycles. The van der Waals surface area contributed by atoms with Crippen molar-refractivity contribution in [1.29, 1.82) is 0 Å². The lowest BCUT2D eigenvalue weighted by molar-refractivity contribution is 0.283. The molecule has 0 amide bonds. The molecular weight excluding hydrogens is 246 g/mol. The standard InChI is InChI=1S/C12H23N5O2/c1-3-13-10-15-11(14-8-6-5-7-9-18)17-12(16-10)19-4-2/h18H,3-9H2,1-2H3,(H2,13,14,15,16,17). The van der Waals surface area contributed by atoms with E-state index in [1.165, 1.54) is 0 Å². The van der Waals surface area contributed by atoms with Crippen molar-refractivity contribution in [2.45, 2.75) is 33.1 Å². The van der Waals surface area contributed by atoms with Crippen molar-refractivity contribution in [2.24, 2.45) is 0 Å². The zero-order valence-electron chi connectivity index (χ0n) is 11.6. The zero-order valence-corrected chi connectivity index (χ0v) is 11.6. The van der Waals surface area contributed by atoms with Gasteiger partial charge in [-0.15, -0.1) is 0 Å². The molecule has 7 nitrogen and oxygen atoms in total. The summed E-state index contributed by atoms with van der Waals surface area (Å²) in [4.78, 5) is 12.6. The number of rotatable bonds is 10. The number of anilines is 2. The van der Waals surface area contributed by atoms with Crippen LogP contribution in [0.3, 0.4) is 0 Å². The van der Waals surface area contributed by atoms with E-state index in [4.69, 9.17) is 9.84 Å². The van der Waals surface area contributed by atoms with E-state index in [1.54, 1.807) is 0 Å². The first-order valence-electron chi connectivity index (χ1n) is 6.77. The highest BCUT2D eigenvalue weighted by Gasteiger charge is 2.06. The maximum atomic E-state index is 8.70. The van der Waals surface area contributed by atoms with Crippen molar-refractivity contribution in [1.82, 2.24) is 15.0 Å². The second-order valence-corrected chi connectivity index (χ2v) is 3.94. The summed E-state index contributed by atoms with van der Waals surface area (Å²) in [7, 11) is 0. The van der Waals surface area contributed by atoms with E-state index in [1.807, 2.05) is 13.8 Å². The monoisotopic (exact) mass is 269 g/mol. The molecule has 0 radical (unpaired) electrons. The molecule has 0 aliphatic heterocycles. The Balaban J connectivity index is 2.54. The Bertz CT molecular complexity index is 338. The Kier molecular flexibility index (Phi) is 7.57. The number of aliphatic hydroxyl groups is 1. The van der Waals surface area contributed by atoms with Gasteiger partial charge in [-0.2, -0.15) is 15.0 Å². The second kappa shape index (κ2) is 9.32. The van der Waals surface area contributed by atoms with Gasteiger partial charge in [0.15, 0.2) is 0 Å². The molecule has 1 aromatic heterocycles. The lowest BCUT2D eigenvalue weighted by Crippen LogP contribution is -2.11. The lowest BCUT2D eigenvalue weighted by Gasteiger charge is -2.09. The van der Waals surface area contributed by atoms with Crippen molar-refractivity contribution in [3.05, 3.63) is 0 Å². The summed E-state index contributed by atoms with van der Waals surface area (Å²) in [6, 6.07) is 0.325. The number of hydrogen-bond donors (Lipinski definition) is 3. The van der Waals surface area contributed by atoms with E-state index >= 15 is 0 Å². The summed E-state index contributed by atoms with van der Waals surface area (Å²) in [5, 5.41) is 14.9. The van der Waals surface area contributed by atoms with Gasteiger partial charge in [0.1, 0.15) is 0 Å². The van der Waals surface area contributed by atoms with Crippen molar-refractivity contribution in [2.75, 3.05) is 36.9 Å². The number of aromatic nitrogens is 3. The van der Waals surface area contributed by atoms with Crippen LogP contribution in [0.15, 0.2) is 0 Å². The zero-order chi connectivity index (χ0) is 13.9. The minimum absolute atomic E-state index is 0.241. The number of nitrogens with zero attached hydrogens (tertiary/aromatic N) is 3. The minimum Gasteiger partial charge on any atom is -0.464 e. The number of ether oxygens (including phenoxy) is 1. The van der Waals surface area contributed by atoms with Crippen LogP contribution in [0, 0.1) is 0 Å². The highest BCUT2D eigenvalue weighted by atomic mass is 16.5. The van der Waals surface area contributed by atoms with Crippen LogP contribution in [0.4, 0.5) is 11.9 Å². The van der Waals surface area contributed by atoms with Gasteiger partial charge in [0.25, 0.3) is 0 Å². The molecule has 1 aromatic rings. The third-order valence-electron chi connectivity index (χ3n) is 2.34. The molecule has 1 heterocycles. The first-order valence-corrected chi connectivity index (χ1v) is 6.77. The molecule has 0 spiro atoms. The smallest absolute Gasteiger partial charge is 0.323 e. The van der Waals surface area contributed by atoms with E-state index in [9.17, 15) is 0 Å². The van der Waals surface area contributed by atoms with Gasteiger partial charge in [0.2, 0.25) is 11.9 Å². The molecule has 0 fully saturated rings. The normalized spacial score (nSPS) is 10.3. The van der Waals surface area contributed by atoms with Gasteiger partial charge in [-0.3, -0.25) is 0 Å². The number of aliphatic hydroxyl groups excluding tert-OH is 1. The van der Waals surface area contributed by atoms with Crippen LogP contribution in [0.5, 0.6) is 6.01 Å². The Morgan fingerprint density at radius 2 is 1.74 bits per heavy atom. The van der Waals surface area contributed by atoms with Gasteiger partial charge in [0.05, 0.1) is 6.61 Å². The van der Waals surface area contributed by atoms with Crippen LogP contribution in [0.2, 0.25) is 0 Å². The first kappa shape index (κ1) is 15.4. The number of unbranched alkanes of at least 4 members (excludes halogenated alkanes) is 2. The van der Waals surface area contributed by atoms with Crippen LogP contribution in [0.1, 0.15) is 33.1 Å². The quantitative estimate of drug-likeness (QED) is 0.551. The Labute approximate surface area is 113 Å². The van der Waals surface area contributed by atoms with E-state index in [-0.39, 0.29) is 6.61 Å². The summed E-state index contributed by atoms with van der Waals surface area (Å²) >= 11 is 0. The largest absolute Gasteiger partial charge is 0.464 e. The molecule has 0 bridgehead atoms. The highest BCUT2D eigenvalue weighted by Crippen LogP contribution is 2.11. The van der Waals surface area contributed by atoms with Crippen molar-refractivity contribution in [3.63, 3.8) is 0 Å². The Morgan fingerprint density at radius 1 is 1.00 bits per heavy atom. The van der Waals surface area contributed by atoms with Crippen LogP contribution < -0.4 is 15.4 Å². The maximum Gasteiger partial charge on any atom is 0.323 e. The molecule has 0 saturated heterocycles. The number of nitrogens with one attached hydrogen (secondary N) is 2. The van der Waals surface area contributed by atoms with Crippen LogP contribution in [-0.2, 0) is 0 Å². The average molecular weight is 269 g/mol. The third kappa shape index (κ3) is 6.19. The average Bonchev–Trinajstić information content (AvgIpc) is 2.39.